The van der Waals surface area contributed by atoms with Gasteiger partial charge in [-0.3, -0.25) is 4.79 Å². The Morgan fingerprint density at radius 3 is 2.76 bits per heavy atom. The largest absolute Gasteiger partial charge is 0.370 e. The van der Waals surface area contributed by atoms with Crippen LogP contribution in [0.5, 0.6) is 0 Å². The van der Waals surface area contributed by atoms with Crippen LogP contribution in [0, 0.1) is 5.92 Å². The van der Waals surface area contributed by atoms with Gasteiger partial charge in [0.25, 0.3) is 5.91 Å². The van der Waals surface area contributed by atoms with Crippen LogP contribution in [-0.4, -0.2) is 23.5 Å². The molecule has 0 spiro atoms. The third-order valence-electron chi connectivity index (χ3n) is 4.09. The van der Waals surface area contributed by atoms with Crippen LogP contribution in [0.4, 0.5) is 5.82 Å². The van der Waals surface area contributed by atoms with Crippen molar-refractivity contribution in [3.63, 3.8) is 0 Å². The summed E-state index contributed by atoms with van der Waals surface area (Å²) in [7, 11) is 0. The zero-order valence-corrected chi connectivity index (χ0v) is 13.4. The van der Waals surface area contributed by atoms with E-state index in [2.05, 4.69) is 36.4 Å². The molecule has 1 aromatic rings. The normalized spacial score (nSPS) is 21.3. The molecule has 0 aromatic carbocycles. The molecule has 0 aliphatic heterocycles. The minimum Gasteiger partial charge on any atom is -0.370 e. The second-order valence-electron chi connectivity index (χ2n) is 6.10. The molecule has 1 fully saturated rings. The van der Waals surface area contributed by atoms with Crippen LogP contribution in [-0.2, 0) is 6.42 Å². The number of aromatic nitrogens is 1. The van der Waals surface area contributed by atoms with Crippen molar-refractivity contribution in [1.29, 1.82) is 0 Å². The molecule has 0 bridgehead atoms. The zero-order chi connectivity index (χ0) is 15.2. The SMILES string of the molecule is CCCNc1cc(C(=O)NC2CCC(C)C2)cc(CC)n1. The van der Waals surface area contributed by atoms with Crippen molar-refractivity contribution < 1.29 is 4.79 Å². The molecule has 1 aliphatic rings. The van der Waals surface area contributed by atoms with E-state index in [9.17, 15) is 4.79 Å². The Morgan fingerprint density at radius 1 is 1.33 bits per heavy atom. The number of aryl methyl sites for hydroxylation is 1. The molecule has 1 aromatic heterocycles. The van der Waals surface area contributed by atoms with Crippen LogP contribution < -0.4 is 10.6 Å². The smallest absolute Gasteiger partial charge is 0.251 e. The predicted molar refractivity (Wildman–Crippen MR) is 86.7 cm³/mol. The molecule has 2 N–H and O–H groups in total. The predicted octanol–water partition coefficient (Wildman–Crippen LogP) is 3.38. The van der Waals surface area contributed by atoms with Crippen molar-refractivity contribution in [2.45, 2.75) is 58.9 Å². The summed E-state index contributed by atoms with van der Waals surface area (Å²) in [5, 5.41) is 6.44. The number of amides is 1. The van der Waals surface area contributed by atoms with Crippen LogP contribution in [0.1, 0.15) is 62.5 Å². The molecule has 1 aliphatic carbocycles. The van der Waals surface area contributed by atoms with E-state index >= 15 is 0 Å². The molecule has 1 amide bonds. The second kappa shape index (κ2) is 7.43. The average Bonchev–Trinajstić information content (AvgIpc) is 2.89. The van der Waals surface area contributed by atoms with Crippen molar-refractivity contribution in [1.82, 2.24) is 10.3 Å². The van der Waals surface area contributed by atoms with Gasteiger partial charge in [-0.25, -0.2) is 4.98 Å². The van der Waals surface area contributed by atoms with Gasteiger partial charge in [0.05, 0.1) is 0 Å². The molecule has 21 heavy (non-hydrogen) atoms. The van der Waals surface area contributed by atoms with E-state index in [4.69, 9.17) is 0 Å². The number of pyridine rings is 1. The Balaban J connectivity index is 2.07. The highest BCUT2D eigenvalue weighted by atomic mass is 16.1. The molecule has 1 heterocycles. The summed E-state index contributed by atoms with van der Waals surface area (Å²) in [6.45, 7) is 7.31. The monoisotopic (exact) mass is 289 g/mol. The summed E-state index contributed by atoms with van der Waals surface area (Å²) in [5.74, 6) is 1.56. The summed E-state index contributed by atoms with van der Waals surface area (Å²) >= 11 is 0. The first-order chi connectivity index (χ1) is 10.1. The molecule has 4 heteroatoms. The number of carbonyl (C=O) groups excluding carboxylic acids is 1. The molecule has 2 unspecified atom stereocenters. The first kappa shape index (κ1) is 15.8. The Bertz CT molecular complexity index is 487. The van der Waals surface area contributed by atoms with Gasteiger partial charge in [0.15, 0.2) is 0 Å². The molecule has 2 rings (SSSR count). The average molecular weight is 289 g/mol. The fourth-order valence-corrected chi connectivity index (χ4v) is 2.85. The molecule has 0 radical (unpaired) electrons. The summed E-state index contributed by atoms with van der Waals surface area (Å²) in [5.41, 5.74) is 1.68. The van der Waals surface area contributed by atoms with E-state index in [0.717, 1.165) is 55.2 Å². The lowest BCUT2D eigenvalue weighted by Gasteiger charge is -2.14. The topological polar surface area (TPSA) is 54.0 Å². The molecule has 116 valence electrons. The minimum absolute atomic E-state index is 0.0331. The molecule has 0 saturated heterocycles. The van der Waals surface area contributed by atoms with Crippen molar-refractivity contribution in [3.05, 3.63) is 23.4 Å². The van der Waals surface area contributed by atoms with E-state index < -0.39 is 0 Å². The van der Waals surface area contributed by atoms with Gasteiger partial charge >= 0.3 is 0 Å². The number of anilines is 1. The van der Waals surface area contributed by atoms with E-state index in [1.807, 2.05) is 12.1 Å². The maximum absolute atomic E-state index is 12.4. The molecular formula is C17H27N3O. The number of carbonyl (C=O) groups is 1. The van der Waals surface area contributed by atoms with Crippen LogP contribution in [0.15, 0.2) is 12.1 Å². The van der Waals surface area contributed by atoms with Gasteiger partial charge in [-0.2, -0.15) is 0 Å². The van der Waals surface area contributed by atoms with Crippen LogP contribution in [0.3, 0.4) is 0 Å². The van der Waals surface area contributed by atoms with Gasteiger partial charge in [0, 0.05) is 23.8 Å². The van der Waals surface area contributed by atoms with Crippen molar-refractivity contribution in [2.24, 2.45) is 5.92 Å². The fraction of sp³-hybridized carbons (Fsp3) is 0.647. The fourth-order valence-electron chi connectivity index (χ4n) is 2.85. The van der Waals surface area contributed by atoms with Gasteiger partial charge in [-0.05, 0) is 50.2 Å². The maximum Gasteiger partial charge on any atom is 0.251 e. The van der Waals surface area contributed by atoms with E-state index in [1.165, 1.54) is 6.42 Å². The molecule has 2 atom stereocenters. The van der Waals surface area contributed by atoms with Gasteiger partial charge in [0.2, 0.25) is 0 Å². The maximum atomic E-state index is 12.4. The van der Waals surface area contributed by atoms with Crippen LogP contribution in [0.25, 0.3) is 0 Å². The number of rotatable bonds is 6. The number of hydrogen-bond donors (Lipinski definition) is 2. The third kappa shape index (κ3) is 4.45. The van der Waals surface area contributed by atoms with E-state index in [-0.39, 0.29) is 5.91 Å². The Hall–Kier alpha value is -1.58. The number of nitrogens with one attached hydrogen (secondary N) is 2. The highest BCUT2D eigenvalue weighted by Gasteiger charge is 2.23. The van der Waals surface area contributed by atoms with Gasteiger partial charge in [-0.1, -0.05) is 20.8 Å². The summed E-state index contributed by atoms with van der Waals surface area (Å²) in [6.07, 6.45) is 5.28. The molecule has 1 saturated carbocycles. The van der Waals surface area contributed by atoms with E-state index in [0.29, 0.717) is 6.04 Å². The lowest BCUT2D eigenvalue weighted by molar-refractivity contribution is 0.0937. The minimum atomic E-state index is 0.0331. The summed E-state index contributed by atoms with van der Waals surface area (Å²) in [6, 6.07) is 4.10. The lowest BCUT2D eigenvalue weighted by atomic mass is 10.1. The molecule has 4 nitrogen and oxygen atoms in total. The Morgan fingerprint density at radius 2 is 2.14 bits per heavy atom. The highest BCUT2D eigenvalue weighted by molar-refractivity contribution is 5.95. The van der Waals surface area contributed by atoms with Gasteiger partial charge in [0.1, 0.15) is 5.82 Å². The quantitative estimate of drug-likeness (QED) is 0.844. The van der Waals surface area contributed by atoms with Crippen molar-refractivity contribution >= 4 is 11.7 Å². The number of hydrogen-bond acceptors (Lipinski definition) is 3. The Labute approximate surface area is 127 Å². The van der Waals surface area contributed by atoms with Crippen LogP contribution >= 0.6 is 0 Å². The summed E-state index contributed by atoms with van der Waals surface area (Å²) in [4.78, 5) is 17.0. The Kier molecular flexibility index (Phi) is 5.59. The van der Waals surface area contributed by atoms with Crippen molar-refractivity contribution in [3.8, 4) is 0 Å². The molecular weight excluding hydrogens is 262 g/mol. The number of nitrogens with zero attached hydrogens (tertiary/aromatic N) is 1. The first-order valence-electron chi connectivity index (χ1n) is 8.18. The second-order valence-corrected chi connectivity index (χ2v) is 6.10. The standard InChI is InChI=1S/C17H27N3O/c1-4-8-18-16-11-13(10-14(5-2)19-16)17(21)20-15-7-6-12(3)9-15/h10-12,15H,4-9H2,1-3H3,(H,18,19)(H,20,21). The first-order valence-corrected chi connectivity index (χ1v) is 8.18. The van der Waals surface area contributed by atoms with E-state index in [1.54, 1.807) is 0 Å². The zero-order valence-electron chi connectivity index (χ0n) is 13.4. The lowest BCUT2D eigenvalue weighted by Crippen LogP contribution is -2.33. The third-order valence-corrected chi connectivity index (χ3v) is 4.09. The van der Waals surface area contributed by atoms with Crippen LogP contribution in [0.2, 0.25) is 0 Å². The highest BCUT2D eigenvalue weighted by Crippen LogP contribution is 2.25. The van der Waals surface area contributed by atoms with Gasteiger partial charge < -0.3 is 10.6 Å². The summed E-state index contributed by atoms with van der Waals surface area (Å²) < 4.78 is 0. The van der Waals surface area contributed by atoms with Gasteiger partial charge in [-0.15, -0.1) is 0 Å². The van der Waals surface area contributed by atoms with Crippen molar-refractivity contribution in [2.75, 3.05) is 11.9 Å².